The quantitative estimate of drug-likeness (QED) is 0.869. The summed E-state index contributed by atoms with van der Waals surface area (Å²) < 4.78 is 44.5. The number of halogens is 2. The molecule has 0 atom stereocenters. The molecule has 0 radical (unpaired) electrons. The lowest BCUT2D eigenvalue weighted by atomic mass is 10.2. The second-order valence-electron chi connectivity index (χ2n) is 3.84. The number of rotatable bonds is 5. The number of hydrogen-bond acceptors (Lipinski definition) is 5. The Morgan fingerprint density at radius 2 is 2.20 bits per heavy atom. The lowest BCUT2D eigenvalue weighted by Gasteiger charge is -2.08. The van der Waals surface area contributed by atoms with Crippen LogP contribution in [-0.4, -0.2) is 18.7 Å². The number of sulfonamides is 1. The van der Waals surface area contributed by atoms with Gasteiger partial charge in [-0.25, -0.2) is 17.5 Å². The van der Waals surface area contributed by atoms with Crippen LogP contribution in [0.3, 0.4) is 0 Å². The van der Waals surface area contributed by atoms with Crippen molar-refractivity contribution in [3.63, 3.8) is 0 Å². The Labute approximate surface area is 119 Å². The van der Waals surface area contributed by atoms with Crippen LogP contribution in [0.1, 0.15) is 11.3 Å². The van der Waals surface area contributed by atoms with Gasteiger partial charge < -0.3 is 9.63 Å². The molecule has 0 unspecified atom stereocenters. The lowest BCUT2D eigenvalue weighted by Crippen LogP contribution is -2.23. The number of aromatic nitrogens is 1. The molecule has 0 amide bonds. The first-order valence-corrected chi connectivity index (χ1v) is 7.28. The fraction of sp³-hybridized carbons (Fsp3) is 0.182. The van der Waals surface area contributed by atoms with E-state index in [0.717, 1.165) is 12.1 Å². The molecule has 9 heteroatoms. The van der Waals surface area contributed by atoms with Crippen molar-refractivity contribution in [3.8, 4) is 0 Å². The zero-order valence-electron chi connectivity index (χ0n) is 10.0. The van der Waals surface area contributed by atoms with Gasteiger partial charge in [-0.2, -0.15) is 0 Å². The van der Waals surface area contributed by atoms with Crippen LogP contribution in [0.2, 0.25) is 5.02 Å². The highest BCUT2D eigenvalue weighted by atomic mass is 35.5. The molecule has 0 aliphatic heterocycles. The first-order valence-electron chi connectivity index (χ1n) is 5.42. The van der Waals surface area contributed by atoms with Crippen LogP contribution in [0, 0.1) is 5.82 Å². The van der Waals surface area contributed by atoms with Gasteiger partial charge in [-0.1, -0.05) is 16.8 Å². The monoisotopic (exact) mass is 320 g/mol. The maximum Gasteiger partial charge on any atom is 0.241 e. The van der Waals surface area contributed by atoms with Crippen LogP contribution >= 0.6 is 11.6 Å². The molecule has 0 aliphatic carbocycles. The van der Waals surface area contributed by atoms with E-state index in [2.05, 4.69) is 9.88 Å². The summed E-state index contributed by atoms with van der Waals surface area (Å²) in [6, 6.07) is 3.38. The van der Waals surface area contributed by atoms with Crippen LogP contribution in [0.5, 0.6) is 0 Å². The zero-order valence-corrected chi connectivity index (χ0v) is 11.6. The van der Waals surface area contributed by atoms with Crippen molar-refractivity contribution in [3.05, 3.63) is 46.6 Å². The largest absolute Gasteiger partial charge is 0.392 e. The summed E-state index contributed by atoms with van der Waals surface area (Å²) in [6.07, 6.45) is 1.37. The van der Waals surface area contributed by atoms with Crippen LogP contribution in [0.4, 0.5) is 4.39 Å². The molecule has 0 saturated heterocycles. The molecule has 2 N–H and O–H groups in total. The molecule has 108 valence electrons. The van der Waals surface area contributed by atoms with E-state index in [4.69, 9.17) is 21.2 Å². The van der Waals surface area contributed by atoms with Gasteiger partial charge in [-0.05, 0) is 12.1 Å². The fourth-order valence-electron chi connectivity index (χ4n) is 1.47. The van der Waals surface area contributed by atoms with Crippen molar-refractivity contribution in [2.24, 2.45) is 0 Å². The normalized spacial score (nSPS) is 11.8. The van der Waals surface area contributed by atoms with Crippen molar-refractivity contribution in [1.82, 2.24) is 9.88 Å². The molecule has 2 aromatic rings. The Morgan fingerprint density at radius 1 is 1.45 bits per heavy atom. The maximum absolute atomic E-state index is 13.5. The molecule has 0 spiro atoms. The Balaban J connectivity index is 2.27. The summed E-state index contributed by atoms with van der Waals surface area (Å²) in [5, 5.41) is 12.1. The molecule has 0 bridgehead atoms. The number of benzene rings is 1. The van der Waals surface area contributed by atoms with E-state index >= 15 is 0 Å². The second-order valence-corrected chi connectivity index (χ2v) is 5.98. The predicted molar refractivity (Wildman–Crippen MR) is 67.9 cm³/mol. The lowest BCUT2D eigenvalue weighted by molar-refractivity contribution is 0.281. The third-order valence-electron chi connectivity index (χ3n) is 2.49. The molecule has 1 heterocycles. The Hall–Kier alpha value is -1.48. The van der Waals surface area contributed by atoms with Gasteiger partial charge in [0.1, 0.15) is 5.82 Å². The van der Waals surface area contributed by atoms with Gasteiger partial charge in [0.05, 0.1) is 29.3 Å². The molecular weight excluding hydrogens is 311 g/mol. The van der Waals surface area contributed by atoms with Crippen LogP contribution in [0.25, 0.3) is 0 Å². The van der Waals surface area contributed by atoms with E-state index in [-0.39, 0.29) is 22.0 Å². The van der Waals surface area contributed by atoms with E-state index in [1.807, 2.05) is 0 Å². The Morgan fingerprint density at radius 3 is 2.80 bits per heavy atom. The third kappa shape index (κ3) is 3.15. The summed E-state index contributed by atoms with van der Waals surface area (Å²) in [5.74, 6) is -0.608. The van der Waals surface area contributed by atoms with Crippen molar-refractivity contribution < 1.29 is 22.4 Å². The minimum Gasteiger partial charge on any atom is -0.392 e. The molecule has 0 fully saturated rings. The van der Waals surface area contributed by atoms with Gasteiger partial charge in [0.15, 0.2) is 5.76 Å². The van der Waals surface area contributed by atoms with Gasteiger partial charge in [-0.3, -0.25) is 0 Å². The Bertz CT molecular complexity index is 703. The number of hydrogen-bond donors (Lipinski definition) is 2. The number of aliphatic hydroxyl groups is 1. The van der Waals surface area contributed by atoms with Crippen molar-refractivity contribution in [1.29, 1.82) is 0 Å². The molecule has 1 aromatic heterocycles. The molecule has 1 aromatic carbocycles. The SMILES string of the molecule is O=S(=O)(NCc1ccno1)c1cc(F)c(Cl)c(CO)c1. The van der Waals surface area contributed by atoms with Crippen molar-refractivity contribution >= 4 is 21.6 Å². The van der Waals surface area contributed by atoms with E-state index < -0.39 is 22.4 Å². The van der Waals surface area contributed by atoms with E-state index in [1.54, 1.807) is 0 Å². The van der Waals surface area contributed by atoms with Gasteiger partial charge in [0, 0.05) is 11.6 Å². The Kier molecular flexibility index (Phi) is 4.39. The van der Waals surface area contributed by atoms with Gasteiger partial charge in [0.2, 0.25) is 10.0 Å². The fourth-order valence-corrected chi connectivity index (χ4v) is 2.70. The first kappa shape index (κ1) is 14.9. The molecule has 0 saturated carbocycles. The highest BCUT2D eigenvalue weighted by molar-refractivity contribution is 7.89. The zero-order chi connectivity index (χ0) is 14.8. The van der Waals surface area contributed by atoms with Crippen molar-refractivity contribution in [2.45, 2.75) is 18.0 Å². The minimum absolute atomic E-state index is 0.00768. The van der Waals surface area contributed by atoms with Gasteiger partial charge >= 0.3 is 0 Å². The number of nitrogens with one attached hydrogen (secondary N) is 1. The highest BCUT2D eigenvalue weighted by Crippen LogP contribution is 2.24. The standard InChI is InChI=1S/C11H10ClFN2O4S/c12-11-7(6-16)3-9(4-10(11)13)20(17,18)15-5-8-1-2-14-19-8/h1-4,15-16H,5-6H2. The number of nitrogens with zero attached hydrogens (tertiary/aromatic N) is 1. The second kappa shape index (κ2) is 5.88. The van der Waals surface area contributed by atoms with Crippen molar-refractivity contribution in [2.75, 3.05) is 0 Å². The van der Waals surface area contributed by atoms with Gasteiger partial charge in [-0.15, -0.1) is 0 Å². The molecule has 0 aliphatic rings. The smallest absolute Gasteiger partial charge is 0.241 e. The van der Waals surface area contributed by atoms with E-state index in [1.165, 1.54) is 12.3 Å². The van der Waals surface area contributed by atoms with Crippen LogP contribution < -0.4 is 4.72 Å². The summed E-state index contributed by atoms with van der Waals surface area (Å²) in [7, 11) is -3.96. The summed E-state index contributed by atoms with van der Waals surface area (Å²) in [5.41, 5.74) is -0.00768. The minimum atomic E-state index is -3.96. The van der Waals surface area contributed by atoms with E-state index in [9.17, 15) is 12.8 Å². The first-order chi connectivity index (χ1) is 9.44. The van der Waals surface area contributed by atoms with Gasteiger partial charge in [0.25, 0.3) is 0 Å². The maximum atomic E-state index is 13.5. The predicted octanol–water partition coefficient (Wildman–Crippen LogP) is 1.44. The molecular formula is C11H10ClFN2O4S. The van der Waals surface area contributed by atoms with Crippen LogP contribution in [0.15, 0.2) is 33.8 Å². The summed E-state index contributed by atoms with van der Waals surface area (Å²) in [6.45, 7) is -0.692. The molecule has 2 rings (SSSR count). The highest BCUT2D eigenvalue weighted by Gasteiger charge is 2.19. The topological polar surface area (TPSA) is 92.4 Å². The average molecular weight is 321 g/mol. The third-order valence-corrected chi connectivity index (χ3v) is 4.29. The van der Waals surface area contributed by atoms with Crippen LogP contribution in [-0.2, 0) is 23.2 Å². The molecule has 20 heavy (non-hydrogen) atoms. The number of aliphatic hydroxyl groups excluding tert-OH is 1. The summed E-state index contributed by atoms with van der Waals surface area (Å²) in [4.78, 5) is -0.331. The average Bonchev–Trinajstić information content (AvgIpc) is 2.92. The molecule has 6 nitrogen and oxygen atoms in total. The summed E-state index contributed by atoms with van der Waals surface area (Å²) >= 11 is 5.60. The van der Waals surface area contributed by atoms with E-state index in [0.29, 0.717) is 5.76 Å².